The third-order valence-electron chi connectivity index (χ3n) is 7.75. The van der Waals surface area contributed by atoms with Gasteiger partial charge >= 0.3 is 0 Å². The summed E-state index contributed by atoms with van der Waals surface area (Å²) in [7, 11) is 3.21. The molecule has 2 atom stereocenters. The van der Waals surface area contributed by atoms with Crippen LogP contribution in [0.25, 0.3) is 0 Å². The number of aliphatic hydroxyl groups excluding tert-OH is 1. The van der Waals surface area contributed by atoms with Crippen LogP contribution in [0.15, 0.2) is 72.8 Å². The molecule has 1 fully saturated rings. The van der Waals surface area contributed by atoms with E-state index in [0.717, 1.165) is 37.4 Å². The topological polar surface area (TPSA) is 107 Å². The lowest BCUT2D eigenvalue weighted by Gasteiger charge is -2.29. The maximum atomic E-state index is 12.9. The zero-order valence-electron chi connectivity index (χ0n) is 25.7. The number of carbonyl (C=O) groups is 2. The molecule has 4 rings (SSSR count). The molecule has 236 valence electrons. The lowest BCUT2D eigenvalue weighted by molar-refractivity contribution is -0.123. The number of ketones is 1. The standard InChI is InChI=1S/C35H44N2O7/c1-41-28-13-9-26(10-14-28)33(38)7-3-4-8-34(39)36-32(25-37-21-5-6-22-37)35(40)27-11-15-30(16-12-27)43-23-24-44-31-19-17-29(42-2)18-20-31/h9-20,32,35,40H,3-8,21-25H2,1-2H3,(H,36,39)/t32-,35-/m1/s1. The van der Waals surface area contributed by atoms with E-state index in [1.165, 1.54) is 0 Å². The first-order valence-electron chi connectivity index (χ1n) is 15.3. The maximum Gasteiger partial charge on any atom is 0.220 e. The summed E-state index contributed by atoms with van der Waals surface area (Å²) >= 11 is 0. The molecule has 9 nitrogen and oxygen atoms in total. The van der Waals surface area contributed by atoms with Crippen LogP contribution in [0.5, 0.6) is 23.0 Å². The van der Waals surface area contributed by atoms with Gasteiger partial charge in [0.25, 0.3) is 0 Å². The molecule has 0 saturated carbocycles. The van der Waals surface area contributed by atoms with Crippen LogP contribution in [0.2, 0.25) is 0 Å². The normalized spacial score (nSPS) is 14.4. The summed E-state index contributed by atoms with van der Waals surface area (Å²) in [6.45, 7) is 3.24. The van der Waals surface area contributed by atoms with Crippen LogP contribution >= 0.6 is 0 Å². The van der Waals surface area contributed by atoms with Crippen LogP contribution in [-0.4, -0.2) is 74.8 Å². The van der Waals surface area contributed by atoms with Crippen molar-refractivity contribution in [2.75, 3.05) is 47.1 Å². The molecule has 1 aliphatic heterocycles. The number of carbonyl (C=O) groups excluding carboxylic acids is 2. The van der Waals surface area contributed by atoms with Gasteiger partial charge in [-0.2, -0.15) is 0 Å². The molecule has 0 radical (unpaired) electrons. The number of rotatable bonds is 18. The van der Waals surface area contributed by atoms with Crippen molar-refractivity contribution >= 4 is 11.7 Å². The van der Waals surface area contributed by atoms with Gasteiger partial charge in [0.05, 0.1) is 20.3 Å². The van der Waals surface area contributed by atoms with Crippen LogP contribution in [0.4, 0.5) is 0 Å². The number of amides is 1. The van der Waals surface area contributed by atoms with Gasteiger partial charge in [0.15, 0.2) is 5.78 Å². The molecule has 0 aliphatic carbocycles. The fraction of sp³-hybridized carbons (Fsp3) is 0.429. The number of methoxy groups -OCH3 is 2. The molecule has 1 amide bonds. The molecule has 2 N–H and O–H groups in total. The average Bonchev–Trinajstić information content (AvgIpc) is 3.58. The molecule has 9 heteroatoms. The molecule has 3 aromatic carbocycles. The van der Waals surface area contributed by atoms with E-state index < -0.39 is 12.1 Å². The second-order valence-corrected chi connectivity index (χ2v) is 10.9. The number of benzene rings is 3. The van der Waals surface area contributed by atoms with Crippen LogP contribution in [0, 0.1) is 0 Å². The van der Waals surface area contributed by atoms with Gasteiger partial charge in [0.1, 0.15) is 42.3 Å². The molecule has 0 spiro atoms. The number of ether oxygens (including phenoxy) is 4. The van der Waals surface area contributed by atoms with Crippen molar-refractivity contribution in [1.29, 1.82) is 0 Å². The summed E-state index contributed by atoms with van der Waals surface area (Å²) < 4.78 is 21.8. The molecule has 1 aliphatic rings. The van der Waals surface area contributed by atoms with Crippen LogP contribution < -0.4 is 24.3 Å². The summed E-state index contributed by atoms with van der Waals surface area (Å²) in [6, 6.07) is 21.3. The third kappa shape index (κ3) is 10.3. The Hall–Kier alpha value is -4.08. The number of nitrogens with one attached hydrogen (secondary N) is 1. The van der Waals surface area contributed by atoms with Gasteiger partial charge < -0.3 is 34.3 Å². The van der Waals surface area contributed by atoms with Crippen molar-refractivity contribution in [3.05, 3.63) is 83.9 Å². The number of Topliss-reactive ketones (excluding diaryl/α,β-unsaturated/α-hetero) is 1. The summed E-state index contributed by atoms with van der Waals surface area (Å²) in [6.07, 6.45) is 3.24. The highest BCUT2D eigenvalue weighted by molar-refractivity contribution is 5.96. The highest BCUT2D eigenvalue weighted by Crippen LogP contribution is 2.23. The van der Waals surface area contributed by atoms with Gasteiger partial charge in [0, 0.05) is 24.9 Å². The zero-order chi connectivity index (χ0) is 31.1. The SMILES string of the molecule is COc1ccc(OCCOc2ccc([C@@H](O)[C@@H](CN3CCCC3)NC(=O)CCCCC(=O)c3ccc(OC)cc3)cc2)cc1. The number of likely N-dealkylation sites (tertiary alicyclic amines) is 1. The second kappa shape index (κ2) is 17.3. The Morgan fingerprint density at radius 1 is 0.750 bits per heavy atom. The average molecular weight is 605 g/mol. The number of aliphatic hydroxyl groups is 1. The number of nitrogens with zero attached hydrogens (tertiary/aromatic N) is 1. The molecular weight excluding hydrogens is 560 g/mol. The van der Waals surface area contributed by atoms with Crippen molar-refractivity contribution in [3.8, 4) is 23.0 Å². The van der Waals surface area contributed by atoms with E-state index in [9.17, 15) is 14.7 Å². The second-order valence-electron chi connectivity index (χ2n) is 10.9. The first-order chi connectivity index (χ1) is 21.4. The highest BCUT2D eigenvalue weighted by atomic mass is 16.5. The largest absolute Gasteiger partial charge is 0.497 e. The van der Waals surface area contributed by atoms with Crippen molar-refractivity contribution in [2.24, 2.45) is 0 Å². The maximum absolute atomic E-state index is 12.9. The number of unbranched alkanes of at least 4 members (excludes halogenated alkanes) is 1. The monoisotopic (exact) mass is 604 g/mol. The van der Waals surface area contributed by atoms with E-state index in [1.807, 2.05) is 48.5 Å². The van der Waals surface area contributed by atoms with Gasteiger partial charge in [-0.3, -0.25) is 9.59 Å². The van der Waals surface area contributed by atoms with Crippen LogP contribution in [0.1, 0.15) is 60.6 Å². The Morgan fingerprint density at radius 3 is 1.82 bits per heavy atom. The van der Waals surface area contributed by atoms with Crippen LogP contribution in [0.3, 0.4) is 0 Å². The predicted octanol–water partition coefficient (Wildman–Crippen LogP) is 5.22. The minimum atomic E-state index is -0.872. The van der Waals surface area contributed by atoms with E-state index in [0.29, 0.717) is 68.1 Å². The van der Waals surface area contributed by atoms with Gasteiger partial charge in [-0.15, -0.1) is 0 Å². The van der Waals surface area contributed by atoms with E-state index >= 15 is 0 Å². The van der Waals surface area contributed by atoms with E-state index in [1.54, 1.807) is 38.5 Å². The Balaban J connectivity index is 1.23. The fourth-order valence-corrected chi connectivity index (χ4v) is 5.22. The lowest BCUT2D eigenvalue weighted by Crippen LogP contribution is -2.46. The van der Waals surface area contributed by atoms with Crippen molar-refractivity contribution in [2.45, 2.75) is 50.7 Å². The quantitative estimate of drug-likeness (QED) is 0.150. The first kappa shape index (κ1) is 32.8. The summed E-state index contributed by atoms with van der Waals surface area (Å²) in [5.74, 6) is 2.81. The molecule has 0 unspecified atom stereocenters. The smallest absolute Gasteiger partial charge is 0.220 e. The van der Waals surface area contributed by atoms with E-state index in [-0.39, 0.29) is 11.7 Å². The molecule has 0 aromatic heterocycles. The Morgan fingerprint density at radius 2 is 1.25 bits per heavy atom. The Bertz CT molecular complexity index is 1290. The van der Waals surface area contributed by atoms with Crippen LogP contribution in [-0.2, 0) is 4.79 Å². The molecule has 1 heterocycles. The number of hydrogen-bond acceptors (Lipinski definition) is 8. The van der Waals surface area contributed by atoms with Crippen molar-refractivity contribution in [3.63, 3.8) is 0 Å². The zero-order valence-corrected chi connectivity index (χ0v) is 25.7. The van der Waals surface area contributed by atoms with Gasteiger partial charge in [-0.25, -0.2) is 0 Å². The molecule has 1 saturated heterocycles. The minimum absolute atomic E-state index is 0.0487. The third-order valence-corrected chi connectivity index (χ3v) is 7.75. The van der Waals surface area contributed by atoms with Gasteiger partial charge in [0.2, 0.25) is 5.91 Å². The minimum Gasteiger partial charge on any atom is -0.497 e. The van der Waals surface area contributed by atoms with E-state index in [2.05, 4.69) is 10.2 Å². The highest BCUT2D eigenvalue weighted by Gasteiger charge is 2.26. The summed E-state index contributed by atoms with van der Waals surface area (Å²) in [5.41, 5.74) is 1.35. The Kier molecular flexibility index (Phi) is 12.9. The van der Waals surface area contributed by atoms with E-state index in [4.69, 9.17) is 18.9 Å². The molecular formula is C35H44N2O7. The van der Waals surface area contributed by atoms with Crippen molar-refractivity contribution in [1.82, 2.24) is 10.2 Å². The summed E-state index contributed by atoms with van der Waals surface area (Å²) in [4.78, 5) is 27.7. The van der Waals surface area contributed by atoms with Gasteiger partial charge in [-0.05, 0) is 105 Å². The molecule has 3 aromatic rings. The lowest BCUT2D eigenvalue weighted by atomic mass is 10.0. The number of hydrogen-bond donors (Lipinski definition) is 2. The van der Waals surface area contributed by atoms with Gasteiger partial charge in [-0.1, -0.05) is 12.1 Å². The van der Waals surface area contributed by atoms with Crippen molar-refractivity contribution < 1.29 is 33.6 Å². The summed E-state index contributed by atoms with van der Waals surface area (Å²) in [5, 5.41) is 14.4. The first-order valence-corrected chi connectivity index (χ1v) is 15.3. The predicted molar refractivity (Wildman–Crippen MR) is 169 cm³/mol. The molecule has 44 heavy (non-hydrogen) atoms. The molecule has 0 bridgehead atoms. The fourth-order valence-electron chi connectivity index (χ4n) is 5.22. The Labute approximate surface area is 260 Å².